The number of nitrogens with zero attached hydrogens (tertiary/aromatic N) is 3. The third-order valence-electron chi connectivity index (χ3n) is 2.36. The normalized spacial score (nSPS) is 11.2. The number of hydrogen-bond donors (Lipinski definition) is 1. The minimum absolute atomic E-state index is 0.00467. The van der Waals surface area contributed by atoms with Crippen LogP contribution in [-0.4, -0.2) is 44.3 Å². The summed E-state index contributed by atoms with van der Waals surface area (Å²) in [5.41, 5.74) is 0. The van der Waals surface area contributed by atoms with Crippen molar-refractivity contribution in [1.82, 2.24) is 14.8 Å². The molecule has 1 aromatic rings. The molecule has 0 saturated carbocycles. The van der Waals surface area contributed by atoms with Crippen LogP contribution in [0, 0.1) is 0 Å². The minimum Gasteiger partial charge on any atom is -0.481 e. The van der Waals surface area contributed by atoms with Crippen molar-refractivity contribution in [2.75, 3.05) is 12.4 Å². The van der Waals surface area contributed by atoms with E-state index >= 15 is 0 Å². The molecule has 19 heavy (non-hydrogen) atoms. The van der Waals surface area contributed by atoms with Crippen LogP contribution in [0.15, 0.2) is 5.16 Å². The quantitative estimate of drug-likeness (QED) is 0.698. The molecular formula is C12H21N3O3S. The smallest absolute Gasteiger partial charge is 0.313 e. The second kappa shape index (κ2) is 8.16. The van der Waals surface area contributed by atoms with E-state index < -0.39 is 5.97 Å². The van der Waals surface area contributed by atoms with Crippen molar-refractivity contribution < 1.29 is 14.6 Å². The van der Waals surface area contributed by atoms with E-state index in [1.807, 2.05) is 18.4 Å². The molecule has 1 heterocycles. The van der Waals surface area contributed by atoms with Gasteiger partial charge in [0, 0.05) is 13.0 Å². The highest BCUT2D eigenvalue weighted by atomic mass is 32.2. The molecule has 0 bridgehead atoms. The number of ether oxygens (including phenoxy) is 1. The van der Waals surface area contributed by atoms with Crippen molar-refractivity contribution in [3.8, 4) is 0 Å². The lowest BCUT2D eigenvalue weighted by atomic mass is 10.3. The summed E-state index contributed by atoms with van der Waals surface area (Å²) >= 11 is 1.19. The van der Waals surface area contributed by atoms with Crippen molar-refractivity contribution in [2.45, 2.75) is 51.4 Å². The largest absolute Gasteiger partial charge is 0.481 e. The van der Waals surface area contributed by atoms with Crippen LogP contribution in [0.25, 0.3) is 0 Å². The summed E-state index contributed by atoms with van der Waals surface area (Å²) in [6.45, 7) is 7.28. The van der Waals surface area contributed by atoms with Crippen LogP contribution in [-0.2, 0) is 22.5 Å². The van der Waals surface area contributed by atoms with E-state index in [0.717, 1.165) is 18.7 Å². The fraction of sp³-hybridized carbons (Fsp3) is 0.750. The molecular weight excluding hydrogens is 266 g/mol. The molecule has 6 nitrogen and oxygen atoms in total. The first-order valence-corrected chi connectivity index (χ1v) is 7.41. The van der Waals surface area contributed by atoms with Gasteiger partial charge in [0.2, 0.25) is 0 Å². The highest BCUT2D eigenvalue weighted by Gasteiger charge is 2.13. The number of aliphatic carboxylic acids is 1. The number of carboxylic acid groups (broad SMARTS) is 1. The zero-order chi connectivity index (χ0) is 14.3. The van der Waals surface area contributed by atoms with E-state index in [4.69, 9.17) is 9.84 Å². The molecule has 0 fully saturated rings. The number of carboxylic acids is 1. The monoisotopic (exact) mass is 287 g/mol. The van der Waals surface area contributed by atoms with Gasteiger partial charge >= 0.3 is 5.97 Å². The number of hydrogen-bond acceptors (Lipinski definition) is 5. The maximum atomic E-state index is 10.6. The summed E-state index contributed by atoms with van der Waals surface area (Å²) in [4.78, 5) is 10.6. The third kappa shape index (κ3) is 5.61. The van der Waals surface area contributed by atoms with Gasteiger partial charge in [-0.1, -0.05) is 18.7 Å². The Morgan fingerprint density at radius 1 is 1.47 bits per heavy atom. The van der Waals surface area contributed by atoms with Gasteiger partial charge in [-0.2, -0.15) is 0 Å². The van der Waals surface area contributed by atoms with Gasteiger partial charge in [-0.25, -0.2) is 0 Å². The number of carbonyl (C=O) groups is 1. The lowest BCUT2D eigenvalue weighted by Gasteiger charge is -2.11. The predicted octanol–water partition coefficient (Wildman–Crippen LogP) is 1.83. The Balaban J connectivity index is 2.70. The first-order valence-electron chi connectivity index (χ1n) is 6.42. The van der Waals surface area contributed by atoms with Crippen LogP contribution >= 0.6 is 11.8 Å². The molecule has 0 saturated heterocycles. The highest BCUT2D eigenvalue weighted by molar-refractivity contribution is 7.99. The Hall–Kier alpha value is -1.08. The molecule has 1 rings (SSSR count). The Morgan fingerprint density at radius 3 is 2.79 bits per heavy atom. The zero-order valence-electron chi connectivity index (χ0n) is 11.6. The second-order valence-electron chi connectivity index (χ2n) is 4.40. The average molecular weight is 287 g/mol. The van der Waals surface area contributed by atoms with Crippen LogP contribution in [0.1, 0.15) is 33.0 Å². The molecule has 0 radical (unpaired) electrons. The van der Waals surface area contributed by atoms with E-state index in [0.29, 0.717) is 18.3 Å². The molecule has 0 aromatic carbocycles. The summed E-state index contributed by atoms with van der Waals surface area (Å²) in [5.74, 6) is 0.0349. The molecule has 0 aliphatic rings. The molecule has 0 aliphatic heterocycles. The molecule has 0 atom stereocenters. The maximum Gasteiger partial charge on any atom is 0.313 e. The molecule has 1 N–H and O–H groups in total. The van der Waals surface area contributed by atoms with Gasteiger partial charge < -0.3 is 14.4 Å². The first kappa shape index (κ1) is 16.0. The number of rotatable bonds is 9. The van der Waals surface area contributed by atoms with Crippen LogP contribution in [0.2, 0.25) is 0 Å². The summed E-state index contributed by atoms with van der Waals surface area (Å²) in [7, 11) is 0. The molecule has 0 amide bonds. The highest BCUT2D eigenvalue weighted by Crippen LogP contribution is 2.17. The van der Waals surface area contributed by atoms with Gasteiger partial charge in [-0.3, -0.25) is 4.79 Å². The van der Waals surface area contributed by atoms with E-state index in [1.54, 1.807) is 0 Å². The Kier molecular flexibility index (Phi) is 6.86. The molecule has 0 aliphatic carbocycles. The van der Waals surface area contributed by atoms with Crippen molar-refractivity contribution >= 4 is 17.7 Å². The maximum absolute atomic E-state index is 10.6. The summed E-state index contributed by atoms with van der Waals surface area (Å²) in [6.07, 6.45) is 2.00. The molecule has 7 heteroatoms. The third-order valence-corrected chi connectivity index (χ3v) is 3.31. The number of aryl methyl sites for hydroxylation is 1. The minimum atomic E-state index is -0.852. The molecule has 0 spiro atoms. The van der Waals surface area contributed by atoms with Gasteiger partial charge in [0.1, 0.15) is 5.82 Å². The van der Waals surface area contributed by atoms with Gasteiger partial charge in [-0.05, 0) is 20.3 Å². The standard InChI is InChI=1S/C12H21N3O3S/c1-4-5-10-13-14-12(19-8-11(16)17)15(10)6-7-18-9(2)3/h9H,4-8H2,1-3H3,(H,16,17). The number of thioether (sulfide) groups is 1. The summed E-state index contributed by atoms with van der Waals surface area (Å²) in [6, 6.07) is 0. The number of aromatic nitrogens is 3. The van der Waals surface area contributed by atoms with Crippen molar-refractivity contribution in [2.24, 2.45) is 0 Å². The first-order chi connectivity index (χ1) is 9.04. The lowest BCUT2D eigenvalue weighted by molar-refractivity contribution is -0.133. The Morgan fingerprint density at radius 2 is 2.21 bits per heavy atom. The van der Waals surface area contributed by atoms with Crippen LogP contribution in [0.3, 0.4) is 0 Å². The van der Waals surface area contributed by atoms with Crippen molar-refractivity contribution in [3.63, 3.8) is 0 Å². The van der Waals surface area contributed by atoms with E-state index in [9.17, 15) is 4.79 Å². The lowest BCUT2D eigenvalue weighted by Crippen LogP contribution is -2.14. The predicted molar refractivity (Wildman–Crippen MR) is 73.5 cm³/mol. The Bertz CT molecular complexity index is 407. The van der Waals surface area contributed by atoms with Crippen molar-refractivity contribution in [1.29, 1.82) is 0 Å². The summed E-state index contributed by atoms with van der Waals surface area (Å²) < 4.78 is 7.48. The molecule has 1 aromatic heterocycles. The van der Waals surface area contributed by atoms with E-state index in [1.165, 1.54) is 11.8 Å². The average Bonchev–Trinajstić information content (AvgIpc) is 2.70. The molecule has 108 valence electrons. The fourth-order valence-electron chi connectivity index (χ4n) is 1.56. The van der Waals surface area contributed by atoms with E-state index in [-0.39, 0.29) is 11.9 Å². The topological polar surface area (TPSA) is 77.2 Å². The van der Waals surface area contributed by atoms with E-state index in [2.05, 4.69) is 17.1 Å². The molecule has 0 unspecified atom stereocenters. The summed E-state index contributed by atoms with van der Waals surface area (Å²) in [5, 5.41) is 17.6. The fourth-order valence-corrected chi connectivity index (χ4v) is 2.27. The van der Waals surface area contributed by atoms with Crippen molar-refractivity contribution in [3.05, 3.63) is 5.82 Å². The SMILES string of the molecule is CCCc1nnc(SCC(=O)O)n1CCOC(C)C. The van der Waals surface area contributed by atoms with Gasteiger partial charge in [-0.15, -0.1) is 10.2 Å². The second-order valence-corrected chi connectivity index (χ2v) is 5.34. The van der Waals surface area contributed by atoms with Gasteiger partial charge in [0.05, 0.1) is 18.5 Å². The van der Waals surface area contributed by atoms with Gasteiger partial charge in [0.25, 0.3) is 0 Å². The van der Waals surface area contributed by atoms with Crippen LogP contribution < -0.4 is 0 Å². The van der Waals surface area contributed by atoms with Crippen LogP contribution in [0.4, 0.5) is 0 Å². The van der Waals surface area contributed by atoms with Crippen LogP contribution in [0.5, 0.6) is 0 Å². The Labute approximate surface area is 117 Å². The zero-order valence-corrected chi connectivity index (χ0v) is 12.4. The van der Waals surface area contributed by atoms with Gasteiger partial charge in [0.15, 0.2) is 5.16 Å².